The number of aliphatic hydroxyl groups excluding tert-OH is 4. The van der Waals surface area contributed by atoms with Crippen molar-refractivity contribution in [2.45, 2.75) is 154 Å². The van der Waals surface area contributed by atoms with Crippen molar-refractivity contribution in [3.05, 3.63) is 0 Å². The van der Waals surface area contributed by atoms with E-state index in [1.165, 1.54) is 0 Å². The van der Waals surface area contributed by atoms with Gasteiger partial charge in [0.25, 0.3) is 0 Å². The number of carbonyl (C=O) groups is 2. The van der Waals surface area contributed by atoms with Gasteiger partial charge in [-0.2, -0.15) is 0 Å². The summed E-state index contributed by atoms with van der Waals surface area (Å²) in [4.78, 5) is 29.5. The number of epoxide rings is 1. The monoisotopic (exact) mass is 673 g/mol. The molecule has 0 radical (unpaired) electrons. The van der Waals surface area contributed by atoms with E-state index < -0.39 is 96.7 Å². The largest absolute Gasteiger partial charge is 0.462 e. The maximum Gasteiger partial charge on any atom is 0.311 e. The summed E-state index contributed by atoms with van der Waals surface area (Å²) in [7, 11) is 3.78. The Morgan fingerprint density at radius 3 is 1.98 bits per heavy atom. The highest BCUT2D eigenvalue weighted by atomic mass is 16.7. The van der Waals surface area contributed by atoms with Gasteiger partial charge < -0.3 is 53.7 Å². The quantitative estimate of drug-likeness (QED) is 0.243. The van der Waals surface area contributed by atoms with Crippen LogP contribution in [0, 0.1) is 29.6 Å². The van der Waals surface area contributed by atoms with Gasteiger partial charge in [0.15, 0.2) is 24.0 Å². The van der Waals surface area contributed by atoms with Crippen molar-refractivity contribution in [2.24, 2.45) is 29.6 Å². The van der Waals surface area contributed by atoms with E-state index >= 15 is 0 Å². The first-order valence-electron chi connectivity index (χ1n) is 17.3. The second-order valence-electron chi connectivity index (χ2n) is 15.1. The molecule has 0 aromatic carbocycles. The maximum absolute atomic E-state index is 13.8. The second kappa shape index (κ2) is 15.3. The van der Waals surface area contributed by atoms with Crippen molar-refractivity contribution >= 4 is 11.8 Å². The predicted octanol–water partition coefficient (Wildman–Crippen LogP) is 1.25. The number of ether oxygens (including phenoxy) is 6. The molecule has 4 aliphatic heterocycles. The molecule has 0 saturated carbocycles. The minimum Gasteiger partial charge on any atom is -0.462 e. The lowest BCUT2D eigenvalue weighted by Crippen LogP contribution is -2.57. The third-order valence-electron chi connectivity index (χ3n) is 11.1. The van der Waals surface area contributed by atoms with Crippen molar-refractivity contribution in [1.82, 2.24) is 4.90 Å². The number of ketones is 1. The third kappa shape index (κ3) is 8.38. The molecule has 18 atom stereocenters. The Labute approximate surface area is 279 Å². The van der Waals surface area contributed by atoms with E-state index in [0.717, 1.165) is 0 Å². The summed E-state index contributed by atoms with van der Waals surface area (Å²) < 4.78 is 37.0. The van der Waals surface area contributed by atoms with Gasteiger partial charge >= 0.3 is 5.97 Å². The Balaban J connectivity index is 1.74. The van der Waals surface area contributed by atoms with Gasteiger partial charge in [-0.05, 0) is 60.5 Å². The van der Waals surface area contributed by atoms with Crippen LogP contribution in [0.4, 0.5) is 0 Å². The Bertz CT molecular complexity index is 1060. The van der Waals surface area contributed by atoms with Crippen LogP contribution in [-0.4, -0.2) is 137 Å². The number of rotatable bonds is 5. The van der Waals surface area contributed by atoms with Crippen molar-refractivity contribution in [2.75, 3.05) is 20.7 Å². The molecule has 0 aromatic rings. The van der Waals surface area contributed by atoms with Crippen LogP contribution in [0.2, 0.25) is 0 Å². The number of aliphatic hydroxyl groups is 4. The lowest BCUT2D eigenvalue weighted by molar-refractivity contribution is -0.298. The van der Waals surface area contributed by atoms with Crippen molar-refractivity contribution in [1.29, 1.82) is 0 Å². The molecule has 4 rings (SSSR count). The summed E-state index contributed by atoms with van der Waals surface area (Å²) in [5, 5.41) is 43.4. The smallest absolute Gasteiger partial charge is 0.311 e. The van der Waals surface area contributed by atoms with E-state index in [4.69, 9.17) is 28.4 Å². The van der Waals surface area contributed by atoms with Crippen molar-refractivity contribution in [3.8, 4) is 0 Å². The molecular weight excluding hydrogens is 614 g/mol. The standard InChI is InChI=1S/C34H59NO12/c1-15-13-34(14-42-34)31(40)18(4)26(37)17(3)21(7)45-32(41)20(6)30(46-25-12-24(36)27(38)22(8)44-25)19(5)29(15)47-33-28(39)23(35(9)10)11-16(2)43-33/h15-30,33,36-39H,11-14H2,1-10H3. The fourth-order valence-corrected chi connectivity index (χ4v) is 7.68. The summed E-state index contributed by atoms with van der Waals surface area (Å²) in [6.45, 7) is 14.4. The lowest BCUT2D eigenvalue weighted by atomic mass is 9.76. The van der Waals surface area contributed by atoms with E-state index in [0.29, 0.717) is 6.42 Å². The van der Waals surface area contributed by atoms with Crippen molar-refractivity contribution in [3.63, 3.8) is 0 Å². The van der Waals surface area contributed by atoms with Crippen LogP contribution in [0.3, 0.4) is 0 Å². The van der Waals surface area contributed by atoms with Gasteiger partial charge in [-0.25, -0.2) is 0 Å². The SMILES string of the molecule is CC1CC(N(C)C)C(O)C(OC2C(C)CC3(CO3)C(=O)C(C)C(O)C(C)C(C)OC(=O)C(C)C(OC3CC(O)C(O)C(C)O3)C2C)O1. The van der Waals surface area contributed by atoms with E-state index in [2.05, 4.69) is 0 Å². The molecule has 272 valence electrons. The summed E-state index contributed by atoms with van der Waals surface area (Å²) in [5.74, 6) is -3.92. The zero-order chi connectivity index (χ0) is 35.1. The number of esters is 1. The predicted molar refractivity (Wildman–Crippen MR) is 169 cm³/mol. The van der Waals surface area contributed by atoms with Gasteiger partial charge in [0, 0.05) is 30.2 Å². The molecular formula is C34H59NO12. The molecule has 13 nitrogen and oxygen atoms in total. The molecule has 1 spiro atoms. The molecule has 4 N–H and O–H groups in total. The highest BCUT2D eigenvalue weighted by Crippen LogP contribution is 2.43. The summed E-state index contributed by atoms with van der Waals surface area (Å²) in [5.41, 5.74) is -1.11. The summed E-state index contributed by atoms with van der Waals surface area (Å²) >= 11 is 0. The minimum atomic E-state index is -1.11. The highest BCUT2D eigenvalue weighted by molar-refractivity contribution is 5.92. The normalized spacial score (nSPS) is 50.7. The molecule has 0 bridgehead atoms. The van der Waals surface area contributed by atoms with Crippen LogP contribution in [0.15, 0.2) is 0 Å². The summed E-state index contributed by atoms with van der Waals surface area (Å²) in [6, 6.07) is -0.232. The molecule has 4 aliphatic rings. The highest BCUT2D eigenvalue weighted by Gasteiger charge is 2.57. The first-order chi connectivity index (χ1) is 21.9. The molecule has 0 amide bonds. The Kier molecular flexibility index (Phi) is 12.6. The molecule has 4 heterocycles. The average molecular weight is 674 g/mol. The van der Waals surface area contributed by atoms with E-state index in [1.54, 1.807) is 34.6 Å². The van der Waals surface area contributed by atoms with Crippen LogP contribution in [-0.2, 0) is 38.0 Å². The average Bonchev–Trinajstić information content (AvgIpc) is 3.79. The first kappa shape index (κ1) is 38.5. The fourth-order valence-electron chi connectivity index (χ4n) is 7.68. The number of carbonyl (C=O) groups excluding carboxylic acids is 2. The lowest BCUT2D eigenvalue weighted by Gasteiger charge is -2.46. The molecule has 4 fully saturated rings. The van der Waals surface area contributed by atoms with Gasteiger partial charge in [0.1, 0.15) is 18.3 Å². The van der Waals surface area contributed by atoms with Gasteiger partial charge in [-0.1, -0.05) is 27.7 Å². The van der Waals surface area contributed by atoms with Crippen LogP contribution < -0.4 is 0 Å². The number of likely N-dealkylation sites (N-methyl/N-ethyl adjacent to an activating group) is 1. The third-order valence-corrected chi connectivity index (χ3v) is 11.1. The summed E-state index contributed by atoms with van der Waals surface area (Å²) in [6.07, 6.45) is -8.64. The molecule has 0 aliphatic carbocycles. The van der Waals surface area contributed by atoms with E-state index in [-0.39, 0.29) is 43.3 Å². The van der Waals surface area contributed by atoms with Crippen LogP contribution in [0.25, 0.3) is 0 Å². The number of cyclic esters (lactones) is 1. The second-order valence-corrected chi connectivity index (χ2v) is 15.1. The molecule has 13 heteroatoms. The number of hydrogen-bond acceptors (Lipinski definition) is 13. The van der Waals surface area contributed by atoms with Gasteiger partial charge in [-0.15, -0.1) is 0 Å². The van der Waals surface area contributed by atoms with Crippen molar-refractivity contribution < 1.29 is 58.4 Å². The first-order valence-corrected chi connectivity index (χ1v) is 17.3. The topological polar surface area (TPSA) is 177 Å². The molecule has 4 saturated heterocycles. The van der Waals surface area contributed by atoms with Crippen LogP contribution in [0.1, 0.15) is 74.7 Å². The van der Waals surface area contributed by atoms with E-state index in [9.17, 15) is 30.0 Å². The zero-order valence-corrected chi connectivity index (χ0v) is 29.6. The fraction of sp³-hybridized carbons (Fsp3) is 0.941. The molecule has 18 unspecified atom stereocenters. The molecule has 47 heavy (non-hydrogen) atoms. The zero-order valence-electron chi connectivity index (χ0n) is 29.6. The van der Waals surface area contributed by atoms with E-state index in [1.807, 2.05) is 39.8 Å². The number of hydrogen-bond donors (Lipinski definition) is 4. The number of Topliss-reactive ketones (excluding diaryl/α,β-unsaturated/α-hetero) is 1. The Hall–Kier alpha value is -1.26. The van der Waals surface area contributed by atoms with Gasteiger partial charge in [0.05, 0.1) is 49.1 Å². The number of nitrogens with zero attached hydrogens (tertiary/aromatic N) is 1. The Morgan fingerprint density at radius 2 is 1.40 bits per heavy atom. The maximum atomic E-state index is 13.8. The van der Waals surface area contributed by atoms with Crippen LogP contribution >= 0.6 is 0 Å². The van der Waals surface area contributed by atoms with Gasteiger partial charge in [0.2, 0.25) is 0 Å². The molecule has 0 aromatic heterocycles. The Morgan fingerprint density at radius 1 is 0.766 bits per heavy atom. The minimum absolute atomic E-state index is 0.0208. The van der Waals surface area contributed by atoms with Crippen LogP contribution in [0.5, 0.6) is 0 Å². The van der Waals surface area contributed by atoms with Gasteiger partial charge in [-0.3, -0.25) is 9.59 Å².